The molecule has 0 bridgehead atoms. The van der Waals surface area contributed by atoms with Gasteiger partial charge in [0.25, 0.3) is 0 Å². The molecule has 0 saturated heterocycles. The standard InChI is InChI=1S/C21H21N3O3/c1-24-21-19(20(23-24)14-7-3-2-4-8-14)16(13-18(26)22-21)15-9-5-6-10-17(15)27-12-11-25/h2-10,16,25H,11-13H2,1H3,(H,22,26). The number of rotatable bonds is 5. The van der Waals surface area contributed by atoms with Gasteiger partial charge in [-0.15, -0.1) is 0 Å². The predicted molar refractivity (Wildman–Crippen MR) is 103 cm³/mol. The average molecular weight is 363 g/mol. The highest BCUT2D eigenvalue weighted by molar-refractivity contribution is 5.96. The van der Waals surface area contributed by atoms with Gasteiger partial charge in [-0.3, -0.25) is 9.48 Å². The number of amides is 1. The highest BCUT2D eigenvalue weighted by Gasteiger charge is 2.34. The number of carbonyl (C=O) groups excluding carboxylic acids is 1. The minimum Gasteiger partial charge on any atom is -0.491 e. The monoisotopic (exact) mass is 363 g/mol. The number of aromatic nitrogens is 2. The topological polar surface area (TPSA) is 76.4 Å². The second kappa shape index (κ2) is 7.25. The molecule has 0 spiro atoms. The van der Waals surface area contributed by atoms with Gasteiger partial charge in [0.1, 0.15) is 18.2 Å². The van der Waals surface area contributed by atoms with Crippen molar-refractivity contribution in [2.24, 2.45) is 7.05 Å². The van der Waals surface area contributed by atoms with Gasteiger partial charge in [0.2, 0.25) is 5.91 Å². The van der Waals surface area contributed by atoms with E-state index in [1.807, 2.05) is 61.6 Å². The van der Waals surface area contributed by atoms with Crippen molar-refractivity contribution in [3.63, 3.8) is 0 Å². The smallest absolute Gasteiger partial charge is 0.226 e. The van der Waals surface area contributed by atoms with Gasteiger partial charge in [-0.1, -0.05) is 48.5 Å². The first-order chi connectivity index (χ1) is 13.2. The van der Waals surface area contributed by atoms with E-state index < -0.39 is 0 Å². The Bertz CT molecular complexity index is 966. The van der Waals surface area contributed by atoms with Crippen molar-refractivity contribution in [1.29, 1.82) is 0 Å². The van der Waals surface area contributed by atoms with E-state index in [9.17, 15) is 4.79 Å². The van der Waals surface area contributed by atoms with E-state index in [4.69, 9.17) is 9.84 Å². The van der Waals surface area contributed by atoms with E-state index in [1.54, 1.807) is 4.68 Å². The van der Waals surface area contributed by atoms with Gasteiger partial charge >= 0.3 is 0 Å². The Hall–Kier alpha value is -3.12. The minimum absolute atomic E-state index is 0.0490. The third-order valence-electron chi connectivity index (χ3n) is 4.77. The second-order valence-electron chi connectivity index (χ2n) is 6.52. The molecule has 1 unspecified atom stereocenters. The molecule has 0 radical (unpaired) electrons. The highest BCUT2D eigenvalue weighted by atomic mass is 16.5. The number of anilines is 1. The van der Waals surface area contributed by atoms with Crippen molar-refractivity contribution < 1.29 is 14.6 Å². The minimum atomic E-state index is -0.174. The van der Waals surface area contributed by atoms with Gasteiger partial charge in [0, 0.05) is 36.1 Å². The molecule has 6 nitrogen and oxygen atoms in total. The summed E-state index contributed by atoms with van der Waals surface area (Å²) in [4.78, 5) is 12.4. The predicted octanol–water partition coefficient (Wildman–Crippen LogP) is 2.93. The second-order valence-corrected chi connectivity index (χ2v) is 6.52. The van der Waals surface area contributed by atoms with Crippen LogP contribution >= 0.6 is 0 Å². The number of hydrogen-bond donors (Lipinski definition) is 2. The van der Waals surface area contributed by atoms with Crippen LogP contribution in [0.15, 0.2) is 54.6 Å². The molecule has 0 saturated carbocycles. The summed E-state index contributed by atoms with van der Waals surface area (Å²) in [5, 5.41) is 16.8. The zero-order valence-electron chi connectivity index (χ0n) is 15.1. The van der Waals surface area contributed by atoms with Crippen LogP contribution < -0.4 is 10.1 Å². The van der Waals surface area contributed by atoms with Gasteiger partial charge < -0.3 is 15.2 Å². The van der Waals surface area contributed by atoms with E-state index in [2.05, 4.69) is 10.4 Å². The maximum absolute atomic E-state index is 12.4. The SMILES string of the molecule is Cn1nc(-c2ccccc2)c2c1NC(=O)CC2c1ccccc1OCCO. The van der Waals surface area contributed by atoms with Crippen LogP contribution in [0.1, 0.15) is 23.5 Å². The molecule has 2 heterocycles. The van der Waals surface area contributed by atoms with E-state index in [1.165, 1.54) is 0 Å². The molecule has 1 atom stereocenters. The quantitative estimate of drug-likeness (QED) is 0.731. The summed E-state index contributed by atoms with van der Waals surface area (Å²) >= 11 is 0. The van der Waals surface area contributed by atoms with Crippen LogP contribution in [0.3, 0.4) is 0 Å². The lowest BCUT2D eigenvalue weighted by Gasteiger charge is -2.26. The largest absolute Gasteiger partial charge is 0.491 e. The van der Waals surface area contributed by atoms with Crippen LogP contribution in [0.5, 0.6) is 5.75 Å². The fraction of sp³-hybridized carbons (Fsp3) is 0.238. The summed E-state index contributed by atoms with van der Waals surface area (Å²) in [5.74, 6) is 1.17. The summed E-state index contributed by atoms with van der Waals surface area (Å²) in [6.07, 6.45) is 0.317. The normalized spacial score (nSPS) is 15.9. The lowest BCUT2D eigenvalue weighted by atomic mass is 9.84. The molecule has 4 rings (SSSR count). The zero-order valence-corrected chi connectivity index (χ0v) is 15.1. The lowest BCUT2D eigenvalue weighted by Crippen LogP contribution is -2.25. The molecule has 1 aromatic heterocycles. The highest BCUT2D eigenvalue weighted by Crippen LogP contribution is 2.45. The Balaban J connectivity index is 1.88. The van der Waals surface area contributed by atoms with Crippen molar-refractivity contribution in [3.05, 3.63) is 65.7 Å². The summed E-state index contributed by atoms with van der Waals surface area (Å²) in [6.45, 7) is 0.147. The number of ether oxygens (including phenoxy) is 1. The summed E-state index contributed by atoms with van der Waals surface area (Å²) in [5.41, 5.74) is 3.77. The summed E-state index contributed by atoms with van der Waals surface area (Å²) in [7, 11) is 1.84. The van der Waals surface area contributed by atoms with Crippen molar-refractivity contribution in [3.8, 4) is 17.0 Å². The number of para-hydroxylation sites is 1. The van der Waals surface area contributed by atoms with Crippen LogP contribution in [0.2, 0.25) is 0 Å². The Labute approximate surface area is 157 Å². The molecule has 6 heteroatoms. The van der Waals surface area contributed by atoms with E-state index in [-0.39, 0.29) is 25.0 Å². The number of nitrogens with one attached hydrogen (secondary N) is 1. The van der Waals surface area contributed by atoms with E-state index >= 15 is 0 Å². The number of aryl methyl sites for hydroxylation is 1. The van der Waals surface area contributed by atoms with Crippen molar-refractivity contribution in [1.82, 2.24) is 9.78 Å². The average Bonchev–Trinajstić information content (AvgIpc) is 3.03. The fourth-order valence-corrected chi connectivity index (χ4v) is 3.62. The molecule has 0 fully saturated rings. The Morgan fingerprint density at radius 1 is 1.19 bits per heavy atom. The Kier molecular flexibility index (Phi) is 4.64. The lowest BCUT2D eigenvalue weighted by molar-refractivity contribution is -0.116. The van der Waals surface area contributed by atoms with Crippen molar-refractivity contribution in [2.45, 2.75) is 12.3 Å². The fourth-order valence-electron chi connectivity index (χ4n) is 3.62. The third kappa shape index (κ3) is 3.19. The first-order valence-electron chi connectivity index (χ1n) is 8.93. The van der Waals surface area contributed by atoms with Gasteiger partial charge in [0.15, 0.2) is 0 Å². The molecule has 1 aliphatic rings. The van der Waals surface area contributed by atoms with Crippen molar-refractivity contribution in [2.75, 3.05) is 18.5 Å². The van der Waals surface area contributed by atoms with Crippen LogP contribution in [-0.4, -0.2) is 34.0 Å². The Morgan fingerprint density at radius 3 is 2.70 bits per heavy atom. The summed E-state index contributed by atoms with van der Waals surface area (Å²) in [6, 6.07) is 17.6. The number of nitrogens with zero attached hydrogens (tertiary/aromatic N) is 2. The number of hydrogen-bond acceptors (Lipinski definition) is 4. The molecule has 2 aromatic carbocycles. The first kappa shape index (κ1) is 17.3. The van der Waals surface area contributed by atoms with Crippen LogP contribution in [0.25, 0.3) is 11.3 Å². The number of aliphatic hydroxyl groups is 1. The molecule has 27 heavy (non-hydrogen) atoms. The molecular weight excluding hydrogens is 342 g/mol. The number of benzene rings is 2. The van der Waals surface area contributed by atoms with Gasteiger partial charge in [0.05, 0.1) is 12.3 Å². The molecular formula is C21H21N3O3. The zero-order chi connectivity index (χ0) is 18.8. The van der Waals surface area contributed by atoms with Gasteiger partial charge in [-0.25, -0.2) is 0 Å². The van der Waals surface area contributed by atoms with Crippen LogP contribution in [0.4, 0.5) is 5.82 Å². The van der Waals surface area contributed by atoms with Crippen LogP contribution in [0, 0.1) is 0 Å². The summed E-state index contributed by atoms with van der Waals surface area (Å²) < 4.78 is 7.45. The molecule has 3 aromatic rings. The first-order valence-corrected chi connectivity index (χ1v) is 8.93. The molecule has 1 aliphatic heterocycles. The van der Waals surface area contributed by atoms with Crippen molar-refractivity contribution >= 4 is 11.7 Å². The molecule has 1 amide bonds. The molecule has 0 aliphatic carbocycles. The number of aliphatic hydroxyl groups excluding tert-OH is 1. The molecule has 138 valence electrons. The maximum atomic E-state index is 12.4. The van der Waals surface area contributed by atoms with Crippen LogP contribution in [-0.2, 0) is 11.8 Å². The van der Waals surface area contributed by atoms with E-state index in [0.29, 0.717) is 18.0 Å². The maximum Gasteiger partial charge on any atom is 0.226 e. The number of carbonyl (C=O) groups is 1. The molecule has 2 N–H and O–H groups in total. The van der Waals surface area contributed by atoms with Gasteiger partial charge in [-0.05, 0) is 6.07 Å². The number of fused-ring (bicyclic) bond motifs is 1. The van der Waals surface area contributed by atoms with Gasteiger partial charge in [-0.2, -0.15) is 5.10 Å². The third-order valence-corrected chi connectivity index (χ3v) is 4.77. The van der Waals surface area contributed by atoms with E-state index in [0.717, 1.165) is 22.4 Å². The Morgan fingerprint density at radius 2 is 1.93 bits per heavy atom.